The van der Waals surface area contributed by atoms with Crippen LogP contribution in [0.2, 0.25) is 0 Å². The molecule has 2 aromatic rings. The summed E-state index contributed by atoms with van der Waals surface area (Å²) in [5.74, 6) is 2.10. The average molecular weight is 229 g/mol. The van der Waals surface area contributed by atoms with Crippen molar-refractivity contribution in [2.24, 2.45) is 0 Å². The second-order valence-electron chi connectivity index (χ2n) is 3.58. The fraction of sp³-hybridized carbons (Fsp3) is 0.231. The van der Waals surface area contributed by atoms with Gasteiger partial charge in [-0.3, -0.25) is 0 Å². The van der Waals surface area contributed by atoms with Gasteiger partial charge in [-0.05, 0) is 18.6 Å². The number of anilines is 1. The molecule has 1 heterocycles. The predicted molar refractivity (Wildman–Crippen MR) is 67.3 cm³/mol. The number of nitrogens with zero attached hydrogens (tertiary/aromatic N) is 2. The summed E-state index contributed by atoms with van der Waals surface area (Å²) in [5.41, 5.74) is 0. The van der Waals surface area contributed by atoms with E-state index in [0.717, 1.165) is 24.5 Å². The monoisotopic (exact) mass is 229 g/mol. The van der Waals surface area contributed by atoms with Gasteiger partial charge in [-0.15, -0.1) is 0 Å². The van der Waals surface area contributed by atoms with Gasteiger partial charge in [0.25, 0.3) is 0 Å². The van der Waals surface area contributed by atoms with Crippen LogP contribution >= 0.6 is 0 Å². The van der Waals surface area contributed by atoms with Gasteiger partial charge in [0.1, 0.15) is 17.9 Å². The number of aromatic nitrogens is 2. The molecule has 0 aliphatic rings. The molecule has 0 amide bonds. The summed E-state index contributed by atoms with van der Waals surface area (Å²) in [6.07, 6.45) is 2.55. The fourth-order valence-electron chi connectivity index (χ4n) is 1.35. The smallest absolute Gasteiger partial charge is 0.224 e. The van der Waals surface area contributed by atoms with Crippen LogP contribution < -0.4 is 10.1 Å². The van der Waals surface area contributed by atoms with Crippen molar-refractivity contribution in [2.75, 3.05) is 11.9 Å². The Bertz CT molecular complexity index is 459. The van der Waals surface area contributed by atoms with E-state index in [-0.39, 0.29) is 0 Å². The number of para-hydroxylation sites is 1. The van der Waals surface area contributed by atoms with Crippen LogP contribution in [0.5, 0.6) is 11.6 Å². The molecule has 0 unspecified atom stereocenters. The Kier molecular flexibility index (Phi) is 3.91. The van der Waals surface area contributed by atoms with E-state index in [0.29, 0.717) is 5.88 Å². The van der Waals surface area contributed by atoms with Gasteiger partial charge < -0.3 is 10.1 Å². The van der Waals surface area contributed by atoms with Gasteiger partial charge in [0, 0.05) is 12.6 Å². The molecular weight excluding hydrogens is 214 g/mol. The Morgan fingerprint density at radius 2 is 2.00 bits per heavy atom. The van der Waals surface area contributed by atoms with Gasteiger partial charge in [0.2, 0.25) is 5.88 Å². The topological polar surface area (TPSA) is 47.0 Å². The van der Waals surface area contributed by atoms with E-state index in [9.17, 15) is 0 Å². The lowest BCUT2D eigenvalue weighted by molar-refractivity contribution is 0.462. The van der Waals surface area contributed by atoms with E-state index in [1.54, 1.807) is 6.07 Å². The highest BCUT2D eigenvalue weighted by Crippen LogP contribution is 2.19. The lowest BCUT2D eigenvalue weighted by Crippen LogP contribution is -2.02. The molecule has 2 rings (SSSR count). The second-order valence-corrected chi connectivity index (χ2v) is 3.58. The average Bonchev–Trinajstić information content (AvgIpc) is 2.38. The van der Waals surface area contributed by atoms with Crippen molar-refractivity contribution in [3.63, 3.8) is 0 Å². The fourth-order valence-corrected chi connectivity index (χ4v) is 1.35. The molecule has 4 heteroatoms. The number of rotatable bonds is 5. The summed E-state index contributed by atoms with van der Waals surface area (Å²) >= 11 is 0. The minimum Gasteiger partial charge on any atom is -0.439 e. The molecule has 17 heavy (non-hydrogen) atoms. The van der Waals surface area contributed by atoms with Gasteiger partial charge >= 0.3 is 0 Å². The maximum atomic E-state index is 5.61. The van der Waals surface area contributed by atoms with Gasteiger partial charge in [-0.1, -0.05) is 25.1 Å². The van der Waals surface area contributed by atoms with Gasteiger partial charge in [-0.2, -0.15) is 0 Å². The summed E-state index contributed by atoms with van der Waals surface area (Å²) in [6.45, 7) is 3.00. The Balaban J connectivity index is 2.06. The highest BCUT2D eigenvalue weighted by atomic mass is 16.5. The molecule has 1 aromatic heterocycles. The third-order valence-electron chi connectivity index (χ3n) is 2.16. The standard InChI is InChI=1S/C13H15N3O/c1-2-8-14-12-9-13(16-10-15-12)17-11-6-4-3-5-7-11/h3-7,9-10H,2,8H2,1H3,(H,14,15,16). The van der Waals surface area contributed by atoms with Gasteiger partial charge in [-0.25, -0.2) is 9.97 Å². The predicted octanol–water partition coefficient (Wildman–Crippen LogP) is 3.09. The molecule has 0 spiro atoms. The maximum absolute atomic E-state index is 5.61. The normalized spacial score (nSPS) is 9.94. The number of hydrogen-bond donors (Lipinski definition) is 1. The van der Waals surface area contributed by atoms with Crippen molar-refractivity contribution in [1.82, 2.24) is 9.97 Å². The third-order valence-corrected chi connectivity index (χ3v) is 2.16. The summed E-state index contributed by atoms with van der Waals surface area (Å²) in [7, 11) is 0. The Hall–Kier alpha value is -2.10. The first-order chi connectivity index (χ1) is 8.38. The zero-order valence-electron chi connectivity index (χ0n) is 9.76. The summed E-state index contributed by atoms with van der Waals surface area (Å²) < 4.78 is 5.61. The van der Waals surface area contributed by atoms with E-state index >= 15 is 0 Å². The first kappa shape index (κ1) is 11.4. The Morgan fingerprint density at radius 1 is 1.18 bits per heavy atom. The van der Waals surface area contributed by atoms with Gasteiger partial charge in [0.05, 0.1) is 0 Å². The molecule has 1 aromatic carbocycles. The number of benzene rings is 1. The van der Waals surface area contributed by atoms with Crippen LogP contribution in [0.3, 0.4) is 0 Å². The summed E-state index contributed by atoms with van der Waals surface area (Å²) in [4.78, 5) is 8.19. The van der Waals surface area contributed by atoms with Crippen molar-refractivity contribution in [1.29, 1.82) is 0 Å². The molecule has 0 saturated heterocycles. The zero-order chi connectivity index (χ0) is 11.9. The molecule has 1 N–H and O–H groups in total. The minimum absolute atomic E-state index is 0.546. The molecule has 4 nitrogen and oxygen atoms in total. The quantitative estimate of drug-likeness (QED) is 0.855. The highest BCUT2D eigenvalue weighted by molar-refractivity contribution is 5.38. The molecule has 0 saturated carbocycles. The van der Waals surface area contributed by atoms with E-state index in [1.807, 2.05) is 30.3 Å². The molecule has 88 valence electrons. The lowest BCUT2D eigenvalue weighted by atomic mass is 10.3. The Labute approximate surface area is 101 Å². The van der Waals surface area contributed by atoms with Crippen molar-refractivity contribution in [3.8, 4) is 11.6 Å². The molecule has 0 fully saturated rings. The van der Waals surface area contributed by atoms with E-state index in [4.69, 9.17) is 4.74 Å². The number of hydrogen-bond acceptors (Lipinski definition) is 4. The summed E-state index contributed by atoms with van der Waals surface area (Å²) in [5, 5.41) is 3.19. The van der Waals surface area contributed by atoms with Crippen LogP contribution in [0.15, 0.2) is 42.7 Å². The molecule has 0 bridgehead atoms. The molecule has 0 aliphatic carbocycles. The van der Waals surface area contributed by atoms with Crippen LogP contribution in [0, 0.1) is 0 Å². The van der Waals surface area contributed by atoms with Gasteiger partial charge in [0.15, 0.2) is 0 Å². The van der Waals surface area contributed by atoms with E-state index in [2.05, 4.69) is 22.2 Å². The van der Waals surface area contributed by atoms with Crippen molar-refractivity contribution < 1.29 is 4.74 Å². The zero-order valence-corrected chi connectivity index (χ0v) is 9.76. The van der Waals surface area contributed by atoms with Crippen LogP contribution in [-0.4, -0.2) is 16.5 Å². The van der Waals surface area contributed by atoms with E-state index < -0.39 is 0 Å². The van der Waals surface area contributed by atoms with Crippen LogP contribution in [-0.2, 0) is 0 Å². The van der Waals surface area contributed by atoms with Crippen molar-refractivity contribution in [2.45, 2.75) is 13.3 Å². The molecule has 0 radical (unpaired) electrons. The highest BCUT2D eigenvalue weighted by Gasteiger charge is 2.00. The lowest BCUT2D eigenvalue weighted by Gasteiger charge is -2.06. The van der Waals surface area contributed by atoms with Crippen LogP contribution in [0.25, 0.3) is 0 Å². The minimum atomic E-state index is 0.546. The molecule has 0 atom stereocenters. The molecule has 0 aliphatic heterocycles. The third kappa shape index (κ3) is 3.45. The number of nitrogens with one attached hydrogen (secondary N) is 1. The first-order valence-corrected chi connectivity index (χ1v) is 5.67. The molecular formula is C13H15N3O. The summed E-state index contributed by atoms with van der Waals surface area (Å²) in [6, 6.07) is 11.4. The second kappa shape index (κ2) is 5.84. The largest absolute Gasteiger partial charge is 0.439 e. The van der Waals surface area contributed by atoms with Crippen molar-refractivity contribution >= 4 is 5.82 Å². The first-order valence-electron chi connectivity index (χ1n) is 5.67. The van der Waals surface area contributed by atoms with Crippen LogP contribution in [0.4, 0.5) is 5.82 Å². The van der Waals surface area contributed by atoms with E-state index in [1.165, 1.54) is 6.33 Å². The maximum Gasteiger partial charge on any atom is 0.224 e. The van der Waals surface area contributed by atoms with Crippen LogP contribution in [0.1, 0.15) is 13.3 Å². The van der Waals surface area contributed by atoms with Crippen molar-refractivity contribution in [3.05, 3.63) is 42.7 Å². The SMILES string of the molecule is CCCNc1cc(Oc2ccccc2)ncn1. The number of ether oxygens (including phenoxy) is 1. The Morgan fingerprint density at radius 3 is 2.76 bits per heavy atom.